The van der Waals surface area contributed by atoms with E-state index in [0.717, 1.165) is 16.6 Å². The minimum Gasteiger partial charge on any atom is -0.465 e. The third-order valence-electron chi connectivity index (χ3n) is 5.03. The molecule has 29 heavy (non-hydrogen) atoms. The standard InChI is InChI=1S/C21H22N4O4/c1-3-29-20(27)17-18(14-7-6-10-22-13-14)25-16-9-5-4-8-15(16)23-21(25)24(19(17)26)11-12-28-2/h4-10,13,17-18H,3,11-12H2,1-2H3. The van der Waals surface area contributed by atoms with Gasteiger partial charge in [-0.2, -0.15) is 0 Å². The molecular weight excluding hydrogens is 372 g/mol. The highest BCUT2D eigenvalue weighted by molar-refractivity contribution is 6.08. The molecule has 0 radical (unpaired) electrons. The molecular formula is C21H22N4O4. The lowest BCUT2D eigenvalue weighted by molar-refractivity contribution is -0.153. The van der Waals surface area contributed by atoms with Gasteiger partial charge in [0.1, 0.15) is 0 Å². The number of ether oxygens (including phenoxy) is 2. The zero-order valence-corrected chi connectivity index (χ0v) is 16.3. The smallest absolute Gasteiger partial charge is 0.321 e. The number of aromatic nitrogens is 3. The number of para-hydroxylation sites is 2. The number of pyridine rings is 1. The molecule has 0 fully saturated rings. The van der Waals surface area contributed by atoms with Crippen LogP contribution in [0, 0.1) is 5.92 Å². The molecule has 0 bridgehead atoms. The molecule has 1 aliphatic rings. The number of carbonyl (C=O) groups excluding carboxylic acids is 2. The van der Waals surface area contributed by atoms with E-state index < -0.39 is 17.9 Å². The number of methoxy groups -OCH3 is 1. The molecule has 0 N–H and O–H groups in total. The number of esters is 1. The molecule has 4 rings (SSSR count). The first-order chi connectivity index (χ1) is 14.2. The van der Waals surface area contributed by atoms with Crippen molar-refractivity contribution in [2.75, 3.05) is 31.8 Å². The number of amides is 1. The molecule has 150 valence electrons. The van der Waals surface area contributed by atoms with Gasteiger partial charge in [-0.05, 0) is 30.7 Å². The Balaban J connectivity index is 1.97. The second-order valence-electron chi connectivity index (χ2n) is 6.71. The summed E-state index contributed by atoms with van der Waals surface area (Å²) in [6.45, 7) is 2.53. The average Bonchev–Trinajstić information content (AvgIpc) is 3.12. The monoisotopic (exact) mass is 394 g/mol. The molecule has 3 aromatic rings. The first-order valence-corrected chi connectivity index (χ1v) is 9.51. The fourth-order valence-corrected chi connectivity index (χ4v) is 3.79. The highest BCUT2D eigenvalue weighted by Gasteiger charge is 2.47. The van der Waals surface area contributed by atoms with Crippen molar-refractivity contribution < 1.29 is 19.1 Å². The quantitative estimate of drug-likeness (QED) is 0.471. The Morgan fingerprint density at radius 3 is 2.76 bits per heavy atom. The van der Waals surface area contributed by atoms with Gasteiger partial charge >= 0.3 is 5.97 Å². The van der Waals surface area contributed by atoms with E-state index in [0.29, 0.717) is 12.6 Å². The zero-order valence-electron chi connectivity index (χ0n) is 16.3. The Bertz CT molecular complexity index is 1030. The summed E-state index contributed by atoms with van der Waals surface area (Å²) < 4.78 is 12.4. The molecule has 3 heterocycles. The number of rotatable bonds is 6. The SMILES string of the molecule is CCOC(=O)C1C(=O)N(CCOC)c2nc3ccccc3n2C1c1cccnc1. The summed E-state index contributed by atoms with van der Waals surface area (Å²) in [6, 6.07) is 10.7. The van der Waals surface area contributed by atoms with Gasteiger partial charge in [0.05, 0.1) is 36.8 Å². The third-order valence-corrected chi connectivity index (χ3v) is 5.03. The van der Waals surface area contributed by atoms with Gasteiger partial charge in [0.25, 0.3) is 0 Å². The van der Waals surface area contributed by atoms with Crippen LogP contribution in [0.4, 0.5) is 5.95 Å². The van der Waals surface area contributed by atoms with E-state index in [1.54, 1.807) is 32.5 Å². The Morgan fingerprint density at radius 2 is 2.03 bits per heavy atom. The largest absolute Gasteiger partial charge is 0.465 e. The normalized spacial score (nSPS) is 18.7. The summed E-state index contributed by atoms with van der Waals surface area (Å²) in [4.78, 5) is 36.8. The molecule has 2 unspecified atom stereocenters. The number of hydrogen-bond donors (Lipinski definition) is 0. The second-order valence-corrected chi connectivity index (χ2v) is 6.71. The Hall–Kier alpha value is -3.26. The molecule has 1 aromatic carbocycles. The maximum Gasteiger partial charge on any atom is 0.321 e. The Kier molecular flexibility index (Phi) is 5.26. The second kappa shape index (κ2) is 8.00. The number of imidazole rings is 1. The van der Waals surface area contributed by atoms with Crippen LogP contribution in [0.3, 0.4) is 0 Å². The van der Waals surface area contributed by atoms with Gasteiger partial charge in [-0.15, -0.1) is 0 Å². The molecule has 0 spiro atoms. The number of carbonyl (C=O) groups is 2. The Morgan fingerprint density at radius 1 is 1.21 bits per heavy atom. The van der Waals surface area contributed by atoms with Gasteiger partial charge in [0, 0.05) is 19.5 Å². The van der Waals surface area contributed by atoms with Crippen molar-refractivity contribution in [3.05, 3.63) is 54.4 Å². The van der Waals surface area contributed by atoms with Crippen molar-refractivity contribution in [2.24, 2.45) is 5.92 Å². The molecule has 1 amide bonds. The summed E-state index contributed by atoms with van der Waals surface area (Å²) >= 11 is 0. The number of nitrogens with zero attached hydrogens (tertiary/aromatic N) is 4. The molecule has 2 atom stereocenters. The maximum atomic E-state index is 13.5. The molecule has 1 aliphatic heterocycles. The van der Waals surface area contributed by atoms with Crippen LogP contribution in [0.1, 0.15) is 18.5 Å². The van der Waals surface area contributed by atoms with Gasteiger partial charge in [-0.1, -0.05) is 18.2 Å². The van der Waals surface area contributed by atoms with Crippen LogP contribution >= 0.6 is 0 Å². The molecule has 0 saturated carbocycles. The summed E-state index contributed by atoms with van der Waals surface area (Å²) in [5, 5.41) is 0. The molecule has 0 aliphatic carbocycles. The van der Waals surface area contributed by atoms with Crippen LogP contribution in [0.2, 0.25) is 0 Å². The molecule has 8 nitrogen and oxygen atoms in total. The van der Waals surface area contributed by atoms with Gasteiger partial charge < -0.3 is 14.0 Å². The number of benzene rings is 1. The van der Waals surface area contributed by atoms with Crippen LogP contribution in [0.5, 0.6) is 0 Å². The predicted molar refractivity (Wildman–Crippen MR) is 106 cm³/mol. The molecule has 8 heteroatoms. The maximum absolute atomic E-state index is 13.5. The van der Waals surface area contributed by atoms with E-state index in [2.05, 4.69) is 4.98 Å². The lowest BCUT2D eigenvalue weighted by atomic mass is 9.90. The van der Waals surface area contributed by atoms with Crippen molar-refractivity contribution in [3.8, 4) is 0 Å². The lowest BCUT2D eigenvalue weighted by Crippen LogP contribution is -2.51. The lowest BCUT2D eigenvalue weighted by Gasteiger charge is -2.37. The van der Waals surface area contributed by atoms with E-state index in [9.17, 15) is 9.59 Å². The summed E-state index contributed by atoms with van der Waals surface area (Å²) in [5.41, 5.74) is 2.33. The van der Waals surface area contributed by atoms with Crippen LogP contribution in [0.25, 0.3) is 11.0 Å². The average molecular weight is 394 g/mol. The minimum absolute atomic E-state index is 0.192. The number of anilines is 1. The van der Waals surface area contributed by atoms with Crippen LogP contribution in [-0.2, 0) is 19.1 Å². The summed E-state index contributed by atoms with van der Waals surface area (Å²) in [5.74, 6) is -1.46. The number of hydrogen-bond acceptors (Lipinski definition) is 6. The van der Waals surface area contributed by atoms with Gasteiger partial charge in [-0.25, -0.2) is 4.98 Å². The van der Waals surface area contributed by atoms with E-state index in [1.165, 1.54) is 4.90 Å². The van der Waals surface area contributed by atoms with Crippen molar-refractivity contribution in [1.82, 2.24) is 14.5 Å². The van der Waals surface area contributed by atoms with Crippen LogP contribution < -0.4 is 4.90 Å². The van der Waals surface area contributed by atoms with Crippen molar-refractivity contribution in [3.63, 3.8) is 0 Å². The minimum atomic E-state index is -1.04. The topological polar surface area (TPSA) is 86.5 Å². The highest BCUT2D eigenvalue weighted by Crippen LogP contribution is 2.40. The van der Waals surface area contributed by atoms with Crippen LogP contribution in [-0.4, -0.2) is 53.3 Å². The zero-order chi connectivity index (χ0) is 20.4. The van der Waals surface area contributed by atoms with Crippen LogP contribution in [0.15, 0.2) is 48.8 Å². The Labute approximate surface area is 168 Å². The van der Waals surface area contributed by atoms with Crippen molar-refractivity contribution in [1.29, 1.82) is 0 Å². The third kappa shape index (κ3) is 3.25. The van der Waals surface area contributed by atoms with E-state index in [4.69, 9.17) is 14.5 Å². The van der Waals surface area contributed by atoms with Gasteiger partial charge in [-0.3, -0.25) is 19.5 Å². The predicted octanol–water partition coefficient (Wildman–Crippen LogP) is 2.19. The van der Waals surface area contributed by atoms with E-state index in [-0.39, 0.29) is 19.1 Å². The molecule has 2 aromatic heterocycles. The fourth-order valence-electron chi connectivity index (χ4n) is 3.79. The number of fused-ring (bicyclic) bond motifs is 3. The summed E-state index contributed by atoms with van der Waals surface area (Å²) in [7, 11) is 1.57. The van der Waals surface area contributed by atoms with Crippen molar-refractivity contribution >= 4 is 28.9 Å². The van der Waals surface area contributed by atoms with E-state index >= 15 is 0 Å². The van der Waals surface area contributed by atoms with Crippen molar-refractivity contribution in [2.45, 2.75) is 13.0 Å². The first-order valence-electron chi connectivity index (χ1n) is 9.51. The summed E-state index contributed by atoms with van der Waals surface area (Å²) in [6.07, 6.45) is 3.33. The fraction of sp³-hybridized carbons (Fsp3) is 0.333. The van der Waals surface area contributed by atoms with E-state index in [1.807, 2.05) is 34.9 Å². The van der Waals surface area contributed by atoms with Gasteiger partial charge in [0.15, 0.2) is 5.92 Å². The first kappa shape index (κ1) is 19.1. The highest BCUT2D eigenvalue weighted by atomic mass is 16.5. The van der Waals surface area contributed by atoms with Gasteiger partial charge in [0.2, 0.25) is 11.9 Å². The molecule has 0 saturated heterocycles.